The van der Waals surface area contributed by atoms with Crippen LogP contribution in [0.1, 0.15) is 96.4 Å². The van der Waals surface area contributed by atoms with Crippen molar-refractivity contribution >= 4 is 35.6 Å². The number of nitrogens with two attached hydrogens (primary N) is 1. The molecular weight excluding hydrogens is 823 g/mol. The van der Waals surface area contributed by atoms with Crippen molar-refractivity contribution in [2.24, 2.45) is 23.5 Å². The molecule has 0 unspecified atom stereocenters. The van der Waals surface area contributed by atoms with Crippen molar-refractivity contribution in [1.82, 2.24) is 21.3 Å². The van der Waals surface area contributed by atoms with Gasteiger partial charge in [-0.25, -0.2) is 4.79 Å². The second kappa shape index (κ2) is 25.2. The fourth-order valence-electron chi connectivity index (χ4n) is 7.42. The van der Waals surface area contributed by atoms with Crippen LogP contribution in [0.4, 0.5) is 0 Å². The number of rotatable bonds is 24. The lowest BCUT2D eigenvalue weighted by Crippen LogP contribution is -2.60. The SMILES string of the molecule is CC[C@H](C)[C@H](N)C(=O)O[C@H](C)[C@H](NC(=O)[C@H](CCC(=O)NCC(c1ccccc1)(c1ccccc1)c1ccccc1)NC(=O)C(C)C)C(=O)N[C@@H](CC(C)C)C(=O)OCc1ccccc1. The Hall–Kier alpha value is -6.34. The summed E-state index contributed by atoms with van der Waals surface area (Å²) in [6.07, 6.45) is -0.818. The summed E-state index contributed by atoms with van der Waals surface area (Å²) in [5.74, 6) is -4.76. The standard InChI is InChI=1S/C52H67N5O8/c1-8-36(6)45(53)51(63)65-37(7)46(49(61)56-43(31-34(2)3)50(62)64-32-38-21-13-9-14-22-38)57-48(60)42(55-47(59)35(4)5)29-30-44(58)54-33-52(39-23-15-10-16-24-39,40-25-17-11-18-26-40)41-27-19-12-20-28-41/h9-28,34-37,42-43,45-46H,8,29-33,53H2,1-7H3,(H,54,58)(H,55,59)(H,56,61)(H,57,60)/t36-,37+,42-,43-,45-,46-/m0/s1. The predicted molar refractivity (Wildman–Crippen MR) is 251 cm³/mol. The van der Waals surface area contributed by atoms with Crippen molar-refractivity contribution in [2.45, 2.75) is 116 Å². The fourth-order valence-corrected chi connectivity index (χ4v) is 7.42. The highest BCUT2D eigenvalue weighted by atomic mass is 16.5. The van der Waals surface area contributed by atoms with Gasteiger partial charge in [-0.15, -0.1) is 0 Å². The van der Waals surface area contributed by atoms with Crippen LogP contribution in [-0.2, 0) is 50.3 Å². The van der Waals surface area contributed by atoms with Gasteiger partial charge in [-0.05, 0) is 53.9 Å². The number of benzene rings is 4. The zero-order valence-corrected chi connectivity index (χ0v) is 38.8. The van der Waals surface area contributed by atoms with Crippen LogP contribution in [0.25, 0.3) is 0 Å². The van der Waals surface area contributed by atoms with Gasteiger partial charge in [-0.3, -0.25) is 24.0 Å². The van der Waals surface area contributed by atoms with Crippen LogP contribution in [0.3, 0.4) is 0 Å². The van der Waals surface area contributed by atoms with E-state index in [1.54, 1.807) is 32.9 Å². The minimum absolute atomic E-state index is 0.0254. The van der Waals surface area contributed by atoms with Gasteiger partial charge in [0.15, 0.2) is 0 Å². The zero-order valence-electron chi connectivity index (χ0n) is 38.8. The van der Waals surface area contributed by atoms with Crippen molar-refractivity contribution in [3.63, 3.8) is 0 Å². The van der Waals surface area contributed by atoms with Crippen LogP contribution < -0.4 is 27.0 Å². The summed E-state index contributed by atoms with van der Waals surface area (Å²) in [7, 11) is 0. The third kappa shape index (κ3) is 14.9. The minimum atomic E-state index is -1.55. The smallest absolute Gasteiger partial charge is 0.328 e. The van der Waals surface area contributed by atoms with E-state index in [1.807, 2.05) is 130 Å². The van der Waals surface area contributed by atoms with Crippen molar-refractivity contribution < 1.29 is 38.2 Å². The van der Waals surface area contributed by atoms with Gasteiger partial charge < -0.3 is 36.5 Å². The van der Waals surface area contributed by atoms with E-state index in [9.17, 15) is 28.8 Å². The number of carbonyl (C=O) groups is 6. The van der Waals surface area contributed by atoms with Crippen molar-refractivity contribution in [1.29, 1.82) is 0 Å². The first-order chi connectivity index (χ1) is 31.1. The number of hydrogen-bond donors (Lipinski definition) is 5. The highest BCUT2D eigenvalue weighted by Crippen LogP contribution is 2.38. The average molecular weight is 890 g/mol. The molecule has 13 heteroatoms. The third-order valence-electron chi connectivity index (χ3n) is 11.6. The molecule has 4 aromatic carbocycles. The maximum absolute atomic E-state index is 14.3. The van der Waals surface area contributed by atoms with Gasteiger partial charge in [0, 0.05) is 18.9 Å². The second-order valence-corrected chi connectivity index (χ2v) is 17.4. The molecule has 6 atom stereocenters. The lowest BCUT2D eigenvalue weighted by Gasteiger charge is -2.36. The molecule has 0 bridgehead atoms. The summed E-state index contributed by atoms with van der Waals surface area (Å²) in [6, 6.07) is 33.8. The molecule has 348 valence electrons. The van der Waals surface area contributed by atoms with Crippen LogP contribution in [0, 0.1) is 17.8 Å². The Morgan fingerprint density at radius 3 is 1.58 bits per heavy atom. The van der Waals surface area contributed by atoms with E-state index in [-0.39, 0.29) is 50.2 Å². The minimum Gasteiger partial charge on any atom is -0.459 e. The van der Waals surface area contributed by atoms with Crippen molar-refractivity contribution in [3.8, 4) is 0 Å². The lowest BCUT2D eigenvalue weighted by atomic mass is 9.69. The number of amides is 4. The molecule has 0 aliphatic rings. The monoisotopic (exact) mass is 889 g/mol. The summed E-state index contributed by atoms with van der Waals surface area (Å²) < 4.78 is 11.3. The molecule has 6 N–H and O–H groups in total. The van der Waals surface area contributed by atoms with Gasteiger partial charge in [-0.2, -0.15) is 0 Å². The fraction of sp³-hybridized carbons (Fsp3) is 0.423. The van der Waals surface area contributed by atoms with Crippen molar-refractivity contribution in [2.75, 3.05) is 6.54 Å². The zero-order chi connectivity index (χ0) is 47.5. The van der Waals surface area contributed by atoms with E-state index in [0.29, 0.717) is 6.42 Å². The second-order valence-electron chi connectivity index (χ2n) is 17.4. The lowest BCUT2D eigenvalue weighted by molar-refractivity contribution is -0.156. The summed E-state index contributed by atoms with van der Waals surface area (Å²) in [5.41, 5.74) is 9.05. The first kappa shape index (κ1) is 51.3. The maximum atomic E-state index is 14.3. The van der Waals surface area contributed by atoms with Crippen LogP contribution in [0.15, 0.2) is 121 Å². The molecule has 0 heterocycles. The molecule has 0 radical (unpaired) electrons. The summed E-state index contributed by atoms with van der Waals surface area (Å²) >= 11 is 0. The Kier molecular flexibility index (Phi) is 19.9. The molecular formula is C52H67N5O8. The molecule has 0 saturated carbocycles. The van der Waals surface area contributed by atoms with Gasteiger partial charge in [0.2, 0.25) is 23.6 Å². The predicted octanol–water partition coefficient (Wildman–Crippen LogP) is 6.12. The molecule has 65 heavy (non-hydrogen) atoms. The summed E-state index contributed by atoms with van der Waals surface area (Å²) in [6.45, 7) is 12.3. The quantitative estimate of drug-likeness (QED) is 0.0407. The number of carbonyl (C=O) groups excluding carboxylic acids is 6. The molecule has 4 rings (SSSR count). The van der Waals surface area contributed by atoms with Gasteiger partial charge in [-0.1, -0.05) is 169 Å². The number of hydrogen-bond acceptors (Lipinski definition) is 9. The molecule has 4 aromatic rings. The average Bonchev–Trinajstić information content (AvgIpc) is 3.31. The van der Waals surface area contributed by atoms with Crippen molar-refractivity contribution in [3.05, 3.63) is 144 Å². The van der Waals surface area contributed by atoms with E-state index in [0.717, 1.165) is 22.3 Å². The summed E-state index contributed by atoms with van der Waals surface area (Å²) in [4.78, 5) is 82.4. The Morgan fingerprint density at radius 2 is 1.11 bits per heavy atom. The first-order valence-electron chi connectivity index (χ1n) is 22.6. The largest absolute Gasteiger partial charge is 0.459 e. The van der Waals surface area contributed by atoms with E-state index in [4.69, 9.17) is 15.2 Å². The number of esters is 2. The summed E-state index contributed by atoms with van der Waals surface area (Å²) in [5, 5.41) is 11.3. The highest BCUT2D eigenvalue weighted by molar-refractivity contribution is 5.94. The van der Waals surface area contributed by atoms with Gasteiger partial charge in [0.1, 0.15) is 36.9 Å². The van der Waals surface area contributed by atoms with Crippen LogP contribution in [0.5, 0.6) is 0 Å². The Labute approximate surface area is 384 Å². The van der Waals surface area contributed by atoms with Gasteiger partial charge in [0.05, 0.1) is 5.41 Å². The van der Waals surface area contributed by atoms with Gasteiger partial charge >= 0.3 is 11.9 Å². The van der Waals surface area contributed by atoms with E-state index in [1.165, 1.54) is 6.92 Å². The number of nitrogens with one attached hydrogen (secondary N) is 4. The first-order valence-corrected chi connectivity index (χ1v) is 22.6. The molecule has 0 aromatic heterocycles. The maximum Gasteiger partial charge on any atom is 0.328 e. The molecule has 0 aliphatic heterocycles. The third-order valence-corrected chi connectivity index (χ3v) is 11.6. The van der Waals surface area contributed by atoms with Crippen LogP contribution >= 0.6 is 0 Å². The normalized spacial score (nSPS) is 14.2. The van der Waals surface area contributed by atoms with E-state index >= 15 is 0 Å². The highest BCUT2D eigenvalue weighted by Gasteiger charge is 2.39. The molecule has 13 nitrogen and oxygen atoms in total. The Bertz CT molecular complexity index is 2040. The molecule has 0 saturated heterocycles. The topological polar surface area (TPSA) is 195 Å². The van der Waals surface area contributed by atoms with Crippen LogP contribution in [0.2, 0.25) is 0 Å². The Balaban J connectivity index is 1.60. The molecule has 0 spiro atoms. The van der Waals surface area contributed by atoms with E-state index < -0.39 is 71.3 Å². The Morgan fingerprint density at radius 1 is 0.615 bits per heavy atom. The van der Waals surface area contributed by atoms with Gasteiger partial charge in [0.25, 0.3) is 0 Å². The van der Waals surface area contributed by atoms with E-state index in [2.05, 4.69) is 21.3 Å². The molecule has 0 aliphatic carbocycles. The van der Waals surface area contributed by atoms with Crippen LogP contribution in [-0.4, -0.2) is 72.4 Å². The molecule has 4 amide bonds. The molecule has 0 fully saturated rings. The number of ether oxygens (including phenoxy) is 2.